The topological polar surface area (TPSA) is 0 Å². The number of allylic oxidation sites excluding steroid dienone is 4. The first-order chi connectivity index (χ1) is 7.48. The molecule has 84 valence electrons. The Morgan fingerprint density at radius 1 is 1.19 bits per heavy atom. The summed E-state index contributed by atoms with van der Waals surface area (Å²) in [6.45, 7) is 4.22. The highest BCUT2D eigenvalue weighted by atomic mass is 19.1. The van der Waals surface area contributed by atoms with Crippen molar-refractivity contribution in [2.75, 3.05) is 0 Å². The molecule has 1 aliphatic carbocycles. The third-order valence-electron chi connectivity index (χ3n) is 2.80. The number of hydrogen-bond donors (Lipinski definition) is 0. The van der Waals surface area contributed by atoms with Crippen LogP contribution in [0.25, 0.3) is 5.57 Å². The number of rotatable bonds is 1. The van der Waals surface area contributed by atoms with E-state index in [-0.39, 0.29) is 11.2 Å². The van der Waals surface area contributed by atoms with Crippen LogP contribution in [0.4, 0.5) is 8.78 Å². The van der Waals surface area contributed by atoms with Crippen molar-refractivity contribution in [2.45, 2.75) is 20.3 Å². The Morgan fingerprint density at radius 3 is 2.56 bits per heavy atom. The molecule has 0 unspecified atom stereocenters. The van der Waals surface area contributed by atoms with Gasteiger partial charge in [-0.1, -0.05) is 32.1 Å². The molecule has 0 heterocycles. The lowest BCUT2D eigenvalue weighted by atomic mass is 9.83. The van der Waals surface area contributed by atoms with Crippen molar-refractivity contribution in [1.29, 1.82) is 0 Å². The van der Waals surface area contributed by atoms with E-state index in [0.29, 0.717) is 5.56 Å². The molecule has 1 aromatic carbocycles. The molecule has 0 saturated carbocycles. The standard InChI is InChI=1S/C14H14F2/c1-14(2)7-5-10(6-8-14)12-9-11(15)3-4-13(12)16/h3-7,9H,8H2,1-2H3. The molecule has 0 radical (unpaired) electrons. The predicted octanol–water partition coefficient (Wildman–Crippen LogP) is 4.33. The van der Waals surface area contributed by atoms with Gasteiger partial charge < -0.3 is 0 Å². The van der Waals surface area contributed by atoms with Crippen molar-refractivity contribution in [3.63, 3.8) is 0 Å². The number of halogens is 2. The maximum atomic E-state index is 13.5. The summed E-state index contributed by atoms with van der Waals surface area (Å²) >= 11 is 0. The molecule has 0 bridgehead atoms. The molecular formula is C14H14F2. The van der Waals surface area contributed by atoms with Crippen LogP contribution in [0.15, 0.2) is 36.4 Å². The molecule has 0 spiro atoms. The zero-order chi connectivity index (χ0) is 11.8. The molecule has 0 N–H and O–H groups in total. The summed E-state index contributed by atoms with van der Waals surface area (Å²) in [4.78, 5) is 0. The highest BCUT2D eigenvalue weighted by Crippen LogP contribution is 2.32. The lowest BCUT2D eigenvalue weighted by molar-refractivity contribution is 0.485. The first-order valence-corrected chi connectivity index (χ1v) is 5.33. The Morgan fingerprint density at radius 2 is 1.94 bits per heavy atom. The predicted molar refractivity (Wildman–Crippen MR) is 61.9 cm³/mol. The summed E-state index contributed by atoms with van der Waals surface area (Å²) in [5.74, 6) is -0.785. The molecular weight excluding hydrogens is 206 g/mol. The molecule has 0 atom stereocenters. The summed E-state index contributed by atoms with van der Waals surface area (Å²) in [7, 11) is 0. The van der Waals surface area contributed by atoms with Gasteiger partial charge >= 0.3 is 0 Å². The minimum absolute atomic E-state index is 0.104. The molecule has 0 aromatic heterocycles. The molecule has 0 aliphatic heterocycles. The van der Waals surface area contributed by atoms with Crippen LogP contribution in [0.5, 0.6) is 0 Å². The normalized spacial score (nSPS) is 18.4. The van der Waals surface area contributed by atoms with E-state index < -0.39 is 5.82 Å². The maximum Gasteiger partial charge on any atom is 0.131 e. The van der Waals surface area contributed by atoms with Crippen LogP contribution in [-0.4, -0.2) is 0 Å². The summed E-state index contributed by atoms with van der Waals surface area (Å²) in [6, 6.07) is 3.54. The fraction of sp³-hybridized carbons (Fsp3) is 0.286. The van der Waals surface area contributed by atoms with E-state index in [9.17, 15) is 8.78 Å². The Bertz CT molecular complexity index is 468. The van der Waals surface area contributed by atoms with Gasteiger partial charge in [0.1, 0.15) is 11.6 Å². The fourth-order valence-electron chi connectivity index (χ4n) is 1.74. The van der Waals surface area contributed by atoms with E-state index >= 15 is 0 Å². The summed E-state index contributed by atoms with van der Waals surface area (Å²) in [6.07, 6.45) is 6.70. The van der Waals surface area contributed by atoms with Crippen LogP contribution in [0.1, 0.15) is 25.8 Å². The molecule has 16 heavy (non-hydrogen) atoms. The smallest absolute Gasteiger partial charge is 0.131 e. The van der Waals surface area contributed by atoms with Crippen LogP contribution in [0.2, 0.25) is 0 Å². The summed E-state index contributed by atoms with van der Waals surface area (Å²) in [5.41, 5.74) is 1.20. The second-order valence-electron chi connectivity index (χ2n) is 4.81. The number of hydrogen-bond acceptors (Lipinski definition) is 0. The van der Waals surface area contributed by atoms with E-state index in [4.69, 9.17) is 0 Å². The zero-order valence-corrected chi connectivity index (χ0v) is 9.43. The highest BCUT2D eigenvalue weighted by Gasteiger charge is 2.18. The van der Waals surface area contributed by atoms with E-state index in [2.05, 4.69) is 13.8 Å². The average molecular weight is 220 g/mol. The van der Waals surface area contributed by atoms with E-state index in [1.54, 1.807) is 0 Å². The van der Waals surface area contributed by atoms with Gasteiger partial charge in [-0.25, -0.2) is 8.78 Å². The third kappa shape index (κ3) is 2.21. The van der Waals surface area contributed by atoms with E-state index in [1.807, 2.05) is 18.2 Å². The number of benzene rings is 1. The van der Waals surface area contributed by atoms with Crippen molar-refractivity contribution in [3.05, 3.63) is 53.6 Å². The lowest BCUT2D eigenvalue weighted by Gasteiger charge is -2.22. The minimum Gasteiger partial charge on any atom is -0.207 e. The first kappa shape index (κ1) is 11.1. The summed E-state index contributed by atoms with van der Waals surface area (Å²) < 4.78 is 26.5. The molecule has 2 rings (SSSR count). The Kier molecular flexibility index (Phi) is 2.66. The molecule has 1 aromatic rings. The largest absolute Gasteiger partial charge is 0.207 e. The maximum absolute atomic E-state index is 13.5. The van der Waals surface area contributed by atoms with Crippen LogP contribution < -0.4 is 0 Å². The summed E-state index contributed by atoms with van der Waals surface area (Å²) in [5, 5.41) is 0. The van der Waals surface area contributed by atoms with Gasteiger partial charge in [-0.3, -0.25) is 0 Å². The highest BCUT2D eigenvalue weighted by molar-refractivity contribution is 5.75. The van der Waals surface area contributed by atoms with Crippen molar-refractivity contribution in [1.82, 2.24) is 0 Å². The molecule has 0 saturated heterocycles. The molecule has 0 amide bonds. The second kappa shape index (κ2) is 3.85. The van der Waals surface area contributed by atoms with E-state index in [1.165, 1.54) is 12.1 Å². The molecule has 0 nitrogen and oxygen atoms in total. The molecule has 1 aliphatic rings. The van der Waals surface area contributed by atoms with Gasteiger partial charge in [-0.15, -0.1) is 0 Å². The SMILES string of the molecule is CC1(C)C=CC(c2cc(F)ccc2F)=CC1. The van der Waals surface area contributed by atoms with Gasteiger partial charge in [-0.2, -0.15) is 0 Å². The Balaban J connectivity index is 2.37. The third-order valence-corrected chi connectivity index (χ3v) is 2.80. The average Bonchev–Trinajstić information content (AvgIpc) is 2.22. The van der Waals surface area contributed by atoms with Gasteiger partial charge in [0.15, 0.2) is 0 Å². The Hall–Kier alpha value is -1.44. The van der Waals surface area contributed by atoms with Crippen molar-refractivity contribution in [3.8, 4) is 0 Å². The van der Waals surface area contributed by atoms with Gasteiger partial charge in [0, 0.05) is 5.56 Å². The van der Waals surface area contributed by atoms with Crippen LogP contribution in [-0.2, 0) is 0 Å². The Labute approximate surface area is 94.3 Å². The van der Waals surface area contributed by atoms with Crippen LogP contribution >= 0.6 is 0 Å². The van der Waals surface area contributed by atoms with Gasteiger partial charge in [0.25, 0.3) is 0 Å². The van der Waals surface area contributed by atoms with Crippen LogP contribution in [0, 0.1) is 17.0 Å². The molecule has 0 fully saturated rings. The molecule has 2 heteroatoms. The van der Waals surface area contributed by atoms with Crippen molar-refractivity contribution < 1.29 is 8.78 Å². The quantitative estimate of drug-likeness (QED) is 0.660. The zero-order valence-electron chi connectivity index (χ0n) is 9.43. The van der Waals surface area contributed by atoms with E-state index in [0.717, 1.165) is 18.1 Å². The minimum atomic E-state index is -0.407. The van der Waals surface area contributed by atoms with Crippen molar-refractivity contribution >= 4 is 5.57 Å². The monoisotopic (exact) mass is 220 g/mol. The fourth-order valence-corrected chi connectivity index (χ4v) is 1.74. The van der Waals surface area contributed by atoms with Crippen molar-refractivity contribution in [2.24, 2.45) is 5.41 Å². The van der Waals surface area contributed by atoms with Gasteiger partial charge in [-0.05, 0) is 35.6 Å². The lowest BCUT2D eigenvalue weighted by Crippen LogP contribution is -2.09. The second-order valence-corrected chi connectivity index (χ2v) is 4.81. The van der Waals surface area contributed by atoms with Gasteiger partial charge in [0.05, 0.1) is 0 Å². The van der Waals surface area contributed by atoms with Crippen LogP contribution in [0.3, 0.4) is 0 Å². The van der Waals surface area contributed by atoms with Gasteiger partial charge in [0.2, 0.25) is 0 Å². The first-order valence-electron chi connectivity index (χ1n) is 5.33.